The van der Waals surface area contributed by atoms with E-state index >= 15 is 0 Å². The van der Waals surface area contributed by atoms with E-state index in [0.29, 0.717) is 0 Å². The summed E-state index contributed by atoms with van der Waals surface area (Å²) in [5.74, 6) is 0. The Balaban J connectivity index is 2.38. The molecule has 1 aromatic carbocycles. The van der Waals surface area contributed by atoms with Crippen molar-refractivity contribution in [3.8, 4) is 0 Å². The van der Waals surface area contributed by atoms with Crippen molar-refractivity contribution in [2.75, 3.05) is 13.3 Å². The third-order valence-electron chi connectivity index (χ3n) is 2.89. The number of aliphatic hydroxyl groups excluding tert-OH is 1. The van der Waals surface area contributed by atoms with E-state index in [-0.39, 0.29) is 12.1 Å². The lowest BCUT2D eigenvalue weighted by atomic mass is 9.84. The monoisotopic (exact) mass is 235 g/mol. The van der Waals surface area contributed by atoms with E-state index < -0.39 is 0 Å². The molecule has 3 heteroatoms. The summed E-state index contributed by atoms with van der Waals surface area (Å²) in [6.07, 6.45) is 0. The highest BCUT2D eigenvalue weighted by molar-refractivity contribution is 7.17. The van der Waals surface area contributed by atoms with Crippen LogP contribution in [0.1, 0.15) is 19.4 Å². The van der Waals surface area contributed by atoms with Crippen LogP contribution in [0.2, 0.25) is 0 Å². The first kappa shape index (κ1) is 11.6. The van der Waals surface area contributed by atoms with Crippen molar-refractivity contribution in [2.24, 2.45) is 0 Å². The minimum absolute atomic E-state index is 0.0332. The fourth-order valence-corrected chi connectivity index (χ4v) is 3.12. The molecule has 86 valence electrons. The van der Waals surface area contributed by atoms with Crippen LogP contribution >= 0.6 is 11.3 Å². The maximum absolute atomic E-state index is 8.83. The lowest BCUT2D eigenvalue weighted by Gasteiger charge is -2.24. The van der Waals surface area contributed by atoms with Gasteiger partial charge in [0.2, 0.25) is 0 Å². The smallest absolute Gasteiger partial charge is 0.0931 e. The Hall–Kier alpha value is -0.900. The van der Waals surface area contributed by atoms with E-state index in [0.717, 1.165) is 6.54 Å². The largest absolute Gasteiger partial charge is 0.381 e. The molecule has 0 atom stereocenters. The number of fused-ring (bicyclic) bond motifs is 1. The Morgan fingerprint density at radius 1 is 1.31 bits per heavy atom. The summed E-state index contributed by atoms with van der Waals surface area (Å²) in [7, 11) is 0. The zero-order valence-corrected chi connectivity index (χ0v) is 10.5. The maximum Gasteiger partial charge on any atom is 0.0931 e. The molecule has 0 saturated carbocycles. The van der Waals surface area contributed by atoms with Gasteiger partial charge in [0.25, 0.3) is 0 Å². The fourth-order valence-electron chi connectivity index (χ4n) is 1.97. The number of nitrogens with one attached hydrogen (secondary N) is 1. The first-order valence-corrected chi connectivity index (χ1v) is 6.31. The summed E-state index contributed by atoms with van der Waals surface area (Å²) in [5.41, 5.74) is 1.40. The first-order chi connectivity index (χ1) is 7.65. The van der Waals surface area contributed by atoms with Crippen molar-refractivity contribution >= 4 is 21.4 Å². The van der Waals surface area contributed by atoms with Crippen LogP contribution in [0.4, 0.5) is 0 Å². The average molecular weight is 235 g/mol. The maximum atomic E-state index is 8.83. The van der Waals surface area contributed by atoms with Gasteiger partial charge in [-0.25, -0.2) is 0 Å². The summed E-state index contributed by atoms with van der Waals surface area (Å²) in [4.78, 5) is 0. The lowest BCUT2D eigenvalue weighted by Crippen LogP contribution is -2.33. The molecule has 0 aliphatic carbocycles. The standard InChI is InChI=1S/C13H17NOS/c1-13(2,8-14-9-15)11-7-16-12-6-4-3-5-10(11)12/h3-7,14-15H,8-9H2,1-2H3. The van der Waals surface area contributed by atoms with Gasteiger partial charge in [-0.05, 0) is 22.4 Å². The van der Waals surface area contributed by atoms with Crippen LogP contribution in [0.15, 0.2) is 29.6 Å². The third-order valence-corrected chi connectivity index (χ3v) is 3.85. The van der Waals surface area contributed by atoms with Crippen molar-refractivity contribution in [3.63, 3.8) is 0 Å². The molecule has 0 saturated heterocycles. The highest BCUT2D eigenvalue weighted by Crippen LogP contribution is 2.34. The number of hydrogen-bond donors (Lipinski definition) is 2. The van der Waals surface area contributed by atoms with Crippen LogP contribution in [-0.4, -0.2) is 18.4 Å². The van der Waals surface area contributed by atoms with Gasteiger partial charge in [-0.1, -0.05) is 32.0 Å². The number of thiophene rings is 1. The van der Waals surface area contributed by atoms with Gasteiger partial charge in [0, 0.05) is 16.7 Å². The van der Waals surface area contributed by atoms with Gasteiger partial charge in [0.05, 0.1) is 6.73 Å². The van der Waals surface area contributed by atoms with Gasteiger partial charge in [-0.15, -0.1) is 11.3 Å². The van der Waals surface area contributed by atoms with Crippen LogP contribution in [-0.2, 0) is 5.41 Å². The zero-order valence-electron chi connectivity index (χ0n) is 9.66. The Labute approximate surface area is 99.9 Å². The summed E-state index contributed by atoms with van der Waals surface area (Å²) in [6.45, 7) is 5.21. The average Bonchev–Trinajstić information content (AvgIpc) is 2.71. The summed E-state index contributed by atoms with van der Waals surface area (Å²) >= 11 is 1.78. The second-order valence-electron chi connectivity index (χ2n) is 4.61. The molecule has 2 rings (SSSR count). The molecular formula is C13H17NOS. The molecule has 0 fully saturated rings. The first-order valence-electron chi connectivity index (χ1n) is 5.43. The van der Waals surface area contributed by atoms with Crippen LogP contribution in [0.25, 0.3) is 10.1 Å². The fraction of sp³-hybridized carbons (Fsp3) is 0.385. The van der Waals surface area contributed by atoms with Gasteiger partial charge in [-0.2, -0.15) is 0 Å². The van der Waals surface area contributed by atoms with Crippen LogP contribution in [0, 0.1) is 0 Å². The Morgan fingerprint density at radius 2 is 2.06 bits per heavy atom. The van der Waals surface area contributed by atoms with Gasteiger partial charge in [0.1, 0.15) is 0 Å². The molecule has 2 aromatic rings. The van der Waals surface area contributed by atoms with Crippen molar-refractivity contribution in [2.45, 2.75) is 19.3 Å². The molecule has 0 bridgehead atoms. The molecular weight excluding hydrogens is 218 g/mol. The second-order valence-corrected chi connectivity index (χ2v) is 5.53. The normalized spacial score (nSPS) is 12.2. The van der Waals surface area contributed by atoms with Gasteiger partial charge in [-0.3, -0.25) is 5.32 Å². The lowest BCUT2D eigenvalue weighted by molar-refractivity contribution is 0.248. The molecule has 1 heterocycles. The van der Waals surface area contributed by atoms with Crippen molar-refractivity contribution in [3.05, 3.63) is 35.2 Å². The highest BCUT2D eigenvalue weighted by atomic mass is 32.1. The summed E-state index contributed by atoms with van der Waals surface area (Å²) in [6, 6.07) is 8.47. The van der Waals surface area contributed by atoms with Crippen LogP contribution < -0.4 is 5.32 Å². The Bertz CT molecular complexity index is 475. The van der Waals surface area contributed by atoms with Crippen LogP contribution in [0.5, 0.6) is 0 Å². The minimum Gasteiger partial charge on any atom is -0.381 e. The third kappa shape index (κ3) is 2.12. The quantitative estimate of drug-likeness (QED) is 0.799. The van der Waals surface area contributed by atoms with Crippen molar-refractivity contribution in [1.82, 2.24) is 5.32 Å². The summed E-state index contributed by atoms with van der Waals surface area (Å²) in [5, 5.41) is 15.4. The molecule has 0 spiro atoms. The highest BCUT2D eigenvalue weighted by Gasteiger charge is 2.23. The van der Waals surface area contributed by atoms with Crippen LogP contribution in [0.3, 0.4) is 0 Å². The Morgan fingerprint density at radius 3 is 2.81 bits per heavy atom. The molecule has 2 N–H and O–H groups in total. The van der Waals surface area contributed by atoms with Gasteiger partial charge >= 0.3 is 0 Å². The molecule has 0 amide bonds. The minimum atomic E-state index is 0.0332. The Kier molecular flexibility index (Phi) is 3.28. The van der Waals surface area contributed by atoms with E-state index in [1.807, 2.05) is 0 Å². The van der Waals surface area contributed by atoms with E-state index in [1.54, 1.807) is 11.3 Å². The second kappa shape index (κ2) is 4.53. The molecule has 0 radical (unpaired) electrons. The van der Waals surface area contributed by atoms with Crippen molar-refractivity contribution in [1.29, 1.82) is 0 Å². The number of aliphatic hydroxyl groups is 1. The molecule has 0 unspecified atom stereocenters. The van der Waals surface area contributed by atoms with E-state index in [1.165, 1.54) is 15.6 Å². The van der Waals surface area contributed by atoms with E-state index in [9.17, 15) is 0 Å². The number of hydrogen-bond acceptors (Lipinski definition) is 3. The molecule has 0 aliphatic heterocycles. The SMILES string of the molecule is CC(C)(CNCO)c1csc2ccccc12. The van der Waals surface area contributed by atoms with Gasteiger partial charge < -0.3 is 5.11 Å². The van der Waals surface area contributed by atoms with Crippen molar-refractivity contribution < 1.29 is 5.11 Å². The van der Waals surface area contributed by atoms with Gasteiger partial charge in [0.15, 0.2) is 0 Å². The molecule has 16 heavy (non-hydrogen) atoms. The van der Waals surface area contributed by atoms with E-state index in [2.05, 4.69) is 48.8 Å². The van der Waals surface area contributed by atoms with E-state index in [4.69, 9.17) is 5.11 Å². The number of benzene rings is 1. The number of rotatable bonds is 4. The molecule has 0 aliphatic rings. The summed E-state index contributed by atoms with van der Waals surface area (Å²) < 4.78 is 1.33. The topological polar surface area (TPSA) is 32.3 Å². The molecule has 2 nitrogen and oxygen atoms in total. The zero-order chi connectivity index (χ0) is 11.6. The predicted molar refractivity (Wildman–Crippen MR) is 69.9 cm³/mol. The molecule has 1 aromatic heterocycles. The predicted octanol–water partition coefficient (Wildman–Crippen LogP) is 2.72.